The molecule has 0 aromatic heterocycles. The molecule has 3 aromatic carbocycles. The van der Waals surface area contributed by atoms with E-state index in [1.54, 1.807) is 24.3 Å². The number of nitro groups is 1. The molecule has 10 heteroatoms. The lowest BCUT2D eigenvalue weighted by molar-refractivity contribution is -0.384. The van der Waals surface area contributed by atoms with Gasteiger partial charge in [0.25, 0.3) is 17.5 Å². The number of carbonyl (C=O) groups excluding carboxylic acids is 3. The highest BCUT2D eigenvalue weighted by Gasteiger charge is 2.44. The topological polar surface area (TPSA) is 101 Å². The Morgan fingerprint density at radius 1 is 1.03 bits per heavy atom. The fourth-order valence-electron chi connectivity index (χ4n) is 3.97. The van der Waals surface area contributed by atoms with E-state index in [1.807, 2.05) is 30.3 Å². The zero-order valence-electron chi connectivity index (χ0n) is 18.3. The van der Waals surface area contributed by atoms with Crippen molar-refractivity contribution in [2.24, 2.45) is 0 Å². The molecule has 4 rings (SSSR count). The van der Waals surface area contributed by atoms with E-state index in [-0.39, 0.29) is 23.6 Å². The Morgan fingerprint density at radius 2 is 1.71 bits per heavy atom. The second kappa shape index (κ2) is 10.2. The summed E-state index contributed by atoms with van der Waals surface area (Å²) in [5.74, 6) is -1.62. The monoisotopic (exact) mass is 511 g/mol. The third kappa shape index (κ3) is 5.18. The minimum Gasteiger partial charge on any atom is -0.326 e. The molecule has 0 spiro atoms. The van der Waals surface area contributed by atoms with Crippen LogP contribution in [0.25, 0.3) is 0 Å². The van der Waals surface area contributed by atoms with E-state index in [0.29, 0.717) is 17.1 Å². The smallest absolute Gasteiger partial charge is 0.288 e. The zero-order valence-corrected chi connectivity index (χ0v) is 19.8. The van der Waals surface area contributed by atoms with Crippen LogP contribution in [0.2, 0.25) is 10.0 Å². The molecule has 1 unspecified atom stereocenters. The molecule has 8 nitrogen and oxygen atoms in total. The van der Waals surface area contributed by atoms with Gasteiger partial charge in [-0.15, -0.1) is 0 Å². The van der Waals surface area contributed by atoms with Gasteiger partial charge in [0, 0.05) is 23.2 Å². The van der Waals surface area contributed by atoms with Crippen molar-refractivity contribution >= 4 is 52.3 Å². The summed E-state index contributed by atoms with van der Waals surface area (Å²) in [6, 6.07) is 18.2. The third-order valence-corrected chi connectivity index (χ3v) is 6.29. The van der Waals surface area contributed by atoms with Gasteiger partial charge in [-0.3, -0.25) is 24.5 Å². The lowest BCUT2D eigenvalue weighted by atomic mass is 10.1. The summed E-state index contributed by atoms with van der Waals surface area (Å²) in [4.78, 5) is 52.7. The molecule has 1 saturated heterocycles. The summed E-state index contributed by atoms with van der Waals surface area (Å²) in [5.41, 5.74) is 0.861. The van der Waals surface area contributed by atoms with Crippen molar-refractivity contribution in [2.45, 2.75) is 18.9 Å². The van der Waals surface area contributed by atoms with Crippen LogP contribution in [-0.4, -0.2) is 40.1 Å². The van der Waals surface area contributed by atoms with Gasteiger partial charge in [0.1, 0.15) is 11.1 Å². The van der Waals surface area contributed by atoms with E-state index in [0.717, 1.165) is 16.5 Å². The Balaban J connectivity index is 1.67. The lowest BCUT2D eigenvalue weighted by Gasteiger charge is -2.28. The molecule has 35 heavy (non-hydrogen) atoms. The van der Waals surface area contributed by atoms with Crippen molar-refractivity contribution < 1.29 is 19.3 Å². The maximum absolute atomic E-state index is 13.5. The van der Waals surface area contributed by atoms with E-state index >= 15 is 0 Å². The van der Waals surface area contributed by atoms with Crippen molar-refractivity contribution in [3.8, 4) is 0 Å². The summed E-state index contributed by atoms with van der Waals surface area (Å²) in [6.07, 6.45) is 0.207. The molecular weight excluding hydrogens is 493 g/mol. The van der Waals surface area contributed by atoms with Crippen molar-refractivity contribution in [3.63, 3.8) is 0 Å². The van der Waals surface area contributed by atoms with Crippen LogP contribution in [0.15, 0.2) is 72.8 Å². The van der Waals surface area contributed by atoms with Crippen molar-refractivity contribution in [1.29, 1.82) is 0 Å². The average Bonchev–Trinajstić information content (AvgIpc) is 3.14. The maximum atomic E-state index is 13.5. The minimum atomic E-state index is -1.07. The van der Waals surface area contributed by atoms with Gasteiger partial charge in [0.15, 0.2) is 0 Å². The van der Waals surface area contributed by atoms with Crippen molar-refractivity contribution in [2.75, 3.05) is 11.4 Å². The fraction of sp³-hybridized carbons (Fsp3) is 0.160. The highest BCUT2D eigenvalue weighted by atomic mass is 35.5. The predicted octanol–water partition coefficient (Wildman–Crippen LogP) is 4.92. The molecule has 1 aliphatic heterocycles. The van der Waals surface area contributed by atoms with Gasteiger partial charge >= 0.3 is 0 Å². The van der Waals surface area contributed by atoms with Crippen LogP contribution in [0, 0.1) is 10.1 Å². The molecule has 3 amide bonds. The summed E-state index contributed by atoms with van der Waals surface area (Å²) < 4.78 is 0. The van der Waals surface area contributed by atoms with E-state index in [9.17, 15) is 24.5 Å². The molecule has 3 aromatic rings. The number of anilines is 1. The Hall–Kier alpha value is -3.75. The fourth-order valence-corrected chi connectivity index (χ4v) is 4.28. The van der Waals surface area contributed by atoms with Gasteiger partial charge in [-0.2, -0.15) is 0 Å². The first kappa shape index (κ1) is 24.4. The number of nitrogens with zero attached hydrogens (tertiary/aromatic N) is 3. The van der Waals surface area contributed by atoms with Crippen LogP contribution < -0.4 is 4.90 Å². The Kier molecular flexibility index (Phi) is 7.14. The van der Waals surface area contributed by atoms with Gasteiger partial charge in [-0.25, -0.2) is 4.90 Å². The third-order valence-electron chi connectivity index (χ3n) is 5.72. The van der Waals surface area contributed by atoms with Gasteiger partial charge in [0.2, 0.25) is 5.91 Å². The normalized spacial score (nSPS) is 15.4. The first-order valence-corrected chi connectivity index (χ1v) is 11.4. The van der Waals surface area contributed by atoms with Crippen LogP contribution in [0.4, 0.5) is 11.4 Å². The Labute approximate surface area is 210 Å². The molecule has 0 aliphatic carbocycles. The quantitative estimate of drug-likeness (QED) is 0.254. The van der Waals surface area contributed by atoms with Crippen molar-refractivity contribution in [1.82, 2.24) is 4.90 Å². The van der Waals surface area contributed by atoms with Crippen molar-refractivity contribution in [3.05, 3.63) is 104 Å². The van der Waals surface area contributed by atoms with Gasteiger partial charge in [-0.05, 0) is 48.4 Å². The number of nitro benzene ring substituents is 1. The summed E-state index contributed by atoms with van der Waals surface area (Å²) in [7, 11) is 0. The van der Waals surface area contributed by atoms with Crippen LogP contribution in [0.1, 0.15) is 22.3 Å². The highest BCUT2D eigenvalue weighted by Crippen LogP contribution is 2.30. The molecule has 0 radical (unpaired) electrons. The Morgan fingerprint density at radius 3 is 2.37 bits per heavy atom. The molecule has 1 heterocycles. The number of benzene rings is 3. The van der Waals surface area contributed by atoms with E-state index in [4.69, 9.17) is 23.2 Å². The summed E-state index contributed by atoms with van der Waals surface area (Å²) >= 11 is 11.8. The zero-order chi connectivity index (χ0) is 25.1. The predicted molar refractivity (Wildman–Crippen MR) is 132 cm³/mol. The van der Waals surface area contributed by atoms with E-state index in [1.165, 1.54) is 17.0 Å². The van der Waals surface area contributed by atoms with Crippen LogP contribution in [-0.2, 0) is 16.0 Å². The van der Waals surface area contributed by atoms with Crippen LogP contribution in [0.5, 0.6) is 0 Å². The molecule has 1 aliphatic rings. The largest absolute Gasteiger partial charge is 0.326 e. The number of imide groups is 1. The van der Waals surface area contributed by atoms with E-state index in [2.05, 4.69) is 0 Å². The number of halogens is 2. The standard InChI is InChI=1S/C25H19Cl2N3O5/c26-18-7-9-19(10-8-18)29-23(31)15-22(25(29)33)28(13-12-16-4-2-1-3-5-16)24(32)17-6-11-20(27)21(14-17)30(34)35/h1-11,14,22H,12-13,15H2. The molecule has 1 fully saturated rings. The number of amides is 3. The van der Waals surface area contributed by atoms with Gasteiger partial charge < -0.3 is 4.90 Å². The second-order valence-corrected chi connectivity index (χ2v) is 8.76. The maximum Gasteiger partial charge on any atom is 0.288 e. The molecule has 1 atom stereocenters. The number of rotatable bonds is 7. The van der Waals surface area contributed by atoms with Gasteiger partial charge in [-0.1, -0.05) is 53.5 Å². The average molecular weight is 512 g/mol. The molecule has 0 bridgehead atoms. The number of carbonyl (C=O) groups is 3. The molecular formula is C25H19Cl2N3O5. The molecule has 0 saturated carbocycles. The summed E-state index contributed by atoms with van der Waals surface area (Å²) in [5, 5.41) is 11.7. The van der Waals surface area contributed by atoms with E-state index < -0.39 is 34.4 Å². The van der Waals surface area contributed by atoms with Crippen LogP contribution >= 0.6 is 23.2 Å². The second-order valence-electron chi connectivity index (χ2n) is 7.92. The highest BCUT2D eigenvalue weighted by molar-refractivity contribution is 6.33. The SMILES string of the molecule is O=C1CC(N(CCc2ccccc2)C(=O)c2ccc(Cl)c([N+](=O)[O-])c2)C(=O)N1c1ccc(Cl)cc1. The Bertz CT molecular complexity index is 1300. The minimum absolute atomic E-state index is 0.000599. The molecule has 178 valence electrons. The number of hydrogen-bond donors (Lipinski definition) is 0. The van der Waals surface area contributed by atoms with Gasteiger partial charge in [0.05, 0.1) is 17.0 Å². The number of hydrogen-bond acceptors (Lipinski definition) is 5. The first-order valence-electron chi connectivity index (χ1n) is 10.7. The lowest BCUT2D eigenvalue weighted by Crippen LogP contribution is -2.46. The first-order chi connectivity index (χ1) is 16.8. The summed E-state index contributed by atoms with van der Waals surface area (Å²) in [6.45, 7) is 0.122. The molecule has 0 N–H and O–H groups in total. The van der Waals surface area contributed by atoms with Crippen LogP contribution in [0.3, 0.4) is 0 Å².